The molecule has 258 valence electrons. The van der Waals surface area contributed by atoms with E-state index in [-0.39, 0.29) is 51.5 Å². The Morgan fingerprint density at radius 1 is 0.477 bits per heavy atom. The lowest BCUT2D eigenvalue weighted by atomic mass is 9.81. The lowest BCUT2D eigenvalue weighted by molar-refractivity contribution is -0.133. The Hall–Kier alpha value is -1.89. The molecule has 7 heteroatoms. The van der Waals surface area contributed by atoms with Crippen molar-refractivity contribution in [2.75, 3.05) is 0 Å². The van der Waals surface area contributed by atoms with Crippen molar-refractivity contribution in [2.24, 2.45) is 27.1 Å². The van der Waals surface area contributed by atoms with Crippen LogP contribution in [0.4, 0.5) is 0 Å². The second-order valence-corrected chi connectivity index (χ2v) is 18.8. The fourth-order valence-corrected chi connectivity index (χ4v) is 4.16. The Kier molecular flexibility index (Phi) is 16.7. The van der Waals surface area contributed by atoms with E-state index in [2.05, 4.69) is 31.4 Å². The lowest BCUT2D eigenvalue weighted by Gasteiger charge is -2.32. The fraction of sp³-hybridized carbons (Fsp3) is 0.865. The van der Waals surface area contributed by atoms with Gasteiger partial charge < -0.3 is 10.6 Å². The normalized spacial score (nSPS) is 14.6. The van der Waals surface area contributed by atoms with Crippen molar-refractivity contribution in [2.45, 2.75) is 181 Å². The smallest absolute Gasteiger partial charge is 0.220 e. The number of Topliss-reactive ketones (excluding diaryl/α,β-unsaturated/α-hetero) is 4. The maximum atomic E-state index is 12.6. The van der Waals surface area contributed by atoms with Crippen molar-refractivity contribution in [1.82, 2.24) is 10.6 Å². The highest BCUT2D eigenvalue weighted by Crippen LogP contribution is 2.25. The Balaban J connectivity index is 0. The molecule has 0 aromatic heterocycles. The van der Waals surface area contributed by atoms with Gasteiger partial charge in [-0.2, -0.15) is 0 Å². The number of carbonyl (C=O) groups excluding carboxylic acids is 5. The van der Waals surface area contributed by atoms with Gasteiger partial charge in [0.25, 0.3) is 0 Å². The number of amides is 1. The summed E-state index contributed by atoms with van der Waals surface area (Å²) in [5.41, 5.74) is -1.78. The third-order valence-electron chi connectivity index (χ3n) is 7.15. The van der Waals surface area contributed by atoms with Gasteiger partial charge in [-0.3, -0.25) is 24.0 Å². The van der Waals surface area contributed by atoms with Crippen LogP contribution in [-0.2, 0) is 24.0 Å². The van der Waals surface area contributed by atoms with Gasteiger partial charge in [-0.05, 0) is 45.4 Å². The molecule has 0 heterocycles. The highest BCUT2D eigenvalue weighted by molar-refractivity contribution is 5.93. The summed E-state index contributed by atoms with van der Waals surface area (Å²) in [6.45, 7) is 35.1. The van der Waals surface area contributed by atoms with Crippen LogP contribution in [0.2, 0.25) is 0 Å². The van der Waals surface area contributed by atoms with E-state index in [1.165, 1.54) is 0 Å². The first kappa shape index (κ1) is 44.2. The zero-order valence-corrected chi connectivity index (χ0v) is 31.9. The van der Waals surface area contributed by atoms with Gasteiger partial charge in [-0.1, -0.05) is 104 Å². The molecule has 0 fully saturated rings. The highest BCUT2D eigenvalue weighted by atomic mass is 16.2. The van der Waals surface area contributed by atoms with E-state index in [0.29, 0.717) is 32.1 Å². The molecule has 0 aliphatic carbocycles. The summed E-state index contributed by atoms with van der Waals surface area (Å²) in [6, 6.07) is -0.856. The Morgan fingerprint density at radius 3 is 1.11 bits per heavy atom. The molecule has 0 aromatic carbocycles. The number of hydrogen-bond donors (Lipinski definition) is 2. The minimum atomic E-state index is -0.594. The molecule has 0 bridgehead atoms. The SMILES string of the molecule is CC(C)(C)CCC(=O)NC(CCC(=O)C(C)(C)C)C(=O)C(C)(C)C.CC(C)(C)NC(CCC(=O)C(C)(C)C)C(=O)C(C)(C)C. The summed E-state index contributed by atoms with van der Waals surface area (Å²) in [7, 11) is 0. The number of ketones is 4. The predicted octanol–water partition coefficient (Wildman–Crippen LogP) is 8.06. The molecule has 7 nitrogen and oxygen atoms in total. The Morgan fingerprint density at radius 2 is 0.818 bits per heavy atom. The zero-order valence-electron chi connectivity index (χ0n) is 31.9. The number of rotatable bonds is 12. The van der Waals surface area contributed by atoms with E-state index in [1.807, 2.05) is 104 Å². The van der Waals surface area contributed by atoms with Gasteiger partial charge in [0.15, 0.2) is 11.6 Å². The molecule has 0 radical (unpaired) electrons. The van der Waals surface area contributed by atoms with Gasteiger partial charge in [0.05, 0.1) is 12.1 Å². The van der Waals surface area contributed by atoms with Gasteiger partial charge in [-0.15, -0.1) is 0 Å². The van der Waals surface area contributed by atoms with Crippen LogP contribution in [0.15, 0.2) is 0 Å². The molecule has 2 unspecified atom stereocenters. The van der Waals surface area contributed by atoms with Crippen LogP contribution >= 0.6 is 0 Å². The van der Waals surface area contributed by atoms with Crippen LogP contribution in [0, 0.1) is 27.1 Å². The maximum absolute atomic E-state index is 12.6. The van der Waals surface area contributed by atoms with Crippen molar-refractivity contribution in [3.8, 4) is 0 Å². The highest BCUT2D eigenvalue weighted by Gasteiger charge is 2.34. The average Bonchev–Trinajstić information content (AvgIpc) is 2.78. The van der Waals surface area contributed by atoms with Crippen LogP contribution in [0.25, 0.3) is 0 Å². The van der Waals surface area contributed by atoms with Crippen molar-refractivity contribution >= 4 is 29.0 Å². The van der Waals surface area contributed by atoms with Crippen LogP contribution in [-0.4, -0.2) is 46.7 Å². The summed E-state index contributed by atoms with van der Waals surface area (Å²) < 4.78 is 0. The van der Waals surface area contributed by atoms with Gasteiger partial charge in [0, 0.05) is 46.5 Å². The maximum Gasteiger partial charge on any atom is 0.220 e. The lowest BCUT2D eigenvalue weighted by Crippen LogP contribution is -2.51. The van der Waals surface area contributed by atoms with Gasteiger partial charge in [0.1, 0.15) is 11.6 Å². The number of nitrogens with one attached hydrogen (secondary N) is 2. The molecule has 0 aliphatic rings. The topological polar surface area (TPSA) is 109 Å². The third kappa shape index (κ3) is 20.2. The average molecular weight is 623 g/mol. The molecule has 0 rings (SSSR count). The van der Waals surface area contributed by atoms with E-state index in [4.69, 9.17) is 0 Å². The van der Waals surface area contributed by atoms with Gasteiger partial charge in [-0.25, -0.2) is 0 Å². The first-order valence-corrected chi connectivity index (χ1v) is 16.4. The van der Waals surface area contributed by atoms with E-state index < -0.39 is 22.3 Å². The van der Waals surface area contributed by atoms with Crippen molar-refractivity contribution in [3.63, 3.8) is 0 Å². The molecular formula is C37H70N2O5. The van der Waals surface area contributed by atoms with E-state index >= 15 is 0 Å². The van der Waals surface area contributed by atoms with E-state index in [1.54, 1.807) is 0 Å². The van der Waals surface area contributed by atoms with Gasteiger partial charge in [0.2, 0.25) is 5.91 Å². The molecule has 1 amide bonds. The van der Waals surface area contributed by atoms with Crippen LogP contribution in [0.3, 0.4) is 0 Å². The second-order valence-electron chi connectivity index (χ2n) is 18.8. The third-order valence-corrected chi connectivity index (χ3v) is 7.15. The molecule has 2 atom stereocenters. The molecule has 0 saturated carbocycles. The molecule has 44 heavy (non-hydrogen) atoms. The van der Waals surface area contributed by atoms with Crippen molar-refractivity contribution in [3.05, 3.63) is 0 Å². The summed E-state index contributed by atoms with van der Waals surface area (Å²) in [5.74, 6) is 0.358. The fourth-order valence-electron chi connectivity index (χ4n) is 4.16. The van der Waals surface area contributed by atoms with Crippen LogP contribution in [0.5, 0.6) is 0 Å². The second kappa shape index (κ2) is 16.6. The molecular weight excluding hydrogens is 552 g/mol. The van der Waals surface area contributed by atoms with E-state index in [0.717, 1.165) is 6.42 Å². The predicted molar refractivity (Wildman–Crippen MR) is 184 cm³/mol. The summed E-state index contributed by atoms with van der Waals surface area (Å²) >= 11 is 0. The van der Waals surface area contributed by atoms with Crippen LogP contribution < -0.4 is 10.6 Å². The minimum absolute atomic E-state index is 0.0201. The number of carbonyl (C=O) groups is 5. The summed E-state index contributed by atoms with van der Waals surface area (Å²) in [5, 5.41) is 6.23. The van der Waals surface area contributed by atoms with Crippen molar-refractivity contribution in [1.29, 1.82) is 0 Å². The zero-order chi connectivity index (χ0) is 35.7. The molecule has 0 saturated heterocycles. The molecule has 0 spiro atoms. The molecule has 0 aromatic rings. The largest absolute Gasteiger partial charge is 0.346 e. The number of hydrogen-bond acceptors (Lipinski definition) is 6. The Labute approximate surface area is 271 Å². The first-order valence-electron chi connectivity index (χ1n) is 16.4. The quantitative estimate of drug-likeness (QED) is 0.228. The van der Waals surface area contributed by atoms with Gasteiger partial charge >= 0.3 is 0 Å². The molecule has 2 N–H and O–H groups in total. The molecule has 0 aliphatic heterocycles. The van der Waals surface area contributed by atoms with Crippen molar-refractivity contribution < 1.29 is 24.0 Å². The Bertz CT molecular complexity index is 968. The first-order chi connectivity index (χ1) is 19.2. The summed E-state index contributed by atoms with van der Waals surface area (Å²) in [4.78, 5) is 61.6. The minimum Gasteiger partial charge on any atom is -0.346 e. The standard InChI is InChI=1S/C20H37NO3.C17H33NO2/c1-18(2,3)13-12-16(23)21-14(17(24)20(7,8)9)10-11-15(22)19(4,5)6;1-15(2,3)13(19)11-10-12(18-17(7,8)9)14(20)16(4,5)6/h14H,10-13H2,1-9H3,(H,21,23);12,18H,10-11H2,1-9H3. The monoisotopic (exact) mass is 623 g/mol. The summed E-state index contributed by atoms with van der Waals surface area (Å²) in [6.07, 6.45) is 2.84. The van der Waals surface area contributed by atoms with Crippen LogP contribution in [0.1, 0.15) is 163 Å². The van der Waals surface area contributed by atoms with E-state index in [9.17, 15) is 24.0 Å².